The number of hydrogen-bond donors (Lipinski definition) is 2. The summed E-state index contributed by atoms with van der Waals surface area (Å²) in [5.74, 6) is 1.64. The molecule has 1 aliphatic heterocycles. The molecule has 0 radical (unpaired) electrons. The molecule has 1 aromatic rings. The number of carbonyl (C=O) groups excluding carboxylic acids is 1. The lowest BCUT2D eigenvalue weighted by Gasteiger charge is -2.11. The van der Waals surface area contributed by atoms with Crippen molar-refractivity contribution in [2.24, 2.45) is 11.8 Å². The average Bonchev–Trinajstić information content (AvgIpc) is 2.81. The van der Waals surface area contributed by atoms with Crippen LogP contribution >= 0.6 is 11.6 Å². The molecule has 0 aromatic heterocycles. The van der Waals surface area contributed by atoms with Crippen molar-refractivity contribution in [2.75, 3.05) is 20.2 Å². The van der Waals surface area contributed by atoms with Gasteiger partial charge < -0.3 is 15.4 Å². The van der Waals surface area contributed by atoms with E-state index in [1.54, 1.807) is 18.2 Å². The quantitative estimate of drug-likeness (QED) is 0.867. The Balaban J connectivity index is 1.72. The van der Waals surface area contributed by atoms with Gasteiger partial charge in [-0.25, -0.2) is 0 Å². The molecule has 2 fully saturated rings. The lowest BCUT2D eigenvalue weighted by Crippen LogP contribution is -2.32. The van der Waals surface area contributed by atoms with Crippen LogP contribution in [0.3, 0.4) is 0 Å². The Kier molecular flexibility index (Phi) is 2.92. The first kappa shape index (κ1) is 11.8. The summed E-state index contributed by atoms with van der Waals surface area (Å²) in [6.45, 7) is 2.01. The van der Waals surface area contributed by atoms with E-state index in [1.807, 2.05) is 0 Å². The maximum Gasteiger partial charge on any atom is 0.255 e. The van der Waals surface area contributed by atoms with Crippen LogP contribution in [-0.4, -0.2) is 32.1 Å². The molecular formula is C13H15ClN2O2. The van der Waals surface area contributed by atoms with Gasteiger partial charge in [-0.3, -0.25) is 4.79 Å². The van der Waals surface area contributed by atoms with Crippen LogP contribution in [0.1, 0.15) is 10.4 Å². The molecule has 96 valence electrons. The molecule has 3 rings (SSSR count). The smallest absolute Gasteiger partial charge is 0.255 e. The Bertz CT molecular complexity index is 482. The Morgan fingerprint density at radius 2 is 2.17 bits per heavy atom. The zero-order chi connectivity index (χ0) is 12.7. The molecule has 2 aliphatic rings. The topological polar surface area (TPSA) is 50.4 Å². The van der Waals surface area contributed by atoms with Gasteiger partial charge in [0.05, 0.1) is 12.7 Å². The number of rotatable bonds is 3. The summed E-state index contributed by atoms with van der Waals surface area (Å²) in [6.07, 6.45) is 0. The normalized spacial score (nSPS) is 28.7. The van der Waals surface area contributed by atoms with Crippen molar-refractivity contribution in [1.29, 1.82) is 0 Å². The Morgan fingerprint density at radius 1 is 1.44 bits per heavy atom. The molecule has 2 N–H and O–H groups in total. The van der Waals surface area contributed by atoms with E-state index in [4.69, 9.17) is 16.3 Å². The summed E-state index contributed by atoms with van der Waals surface area (Å²) in [5, 5.41) is 6.93. The van der Waals surface area contributed by atoms with Gasteiger partial charge in [-0.2, -0.15) is 0 Å². The Labute approximate surface area is 111 Å². The van der Waals surface area contributed by atoms with E-state index in [9.17, 15) is 4.79 Å². The SMILES string of the molecule is COc1cc(Cl)ccc1C(=O)NC1C2CNCC21. The fourth-order valence-electron chi connectivity index (χ4n) is 2.71. The molecule has 5 heteroatoms. The number of methoxy groups -OCH3 is 1. The summed E-state index contributed by atoms with van der Waals surface area (Å²) in [5.41, 5.74) is 0.542. The highest BCUT2D eigenvalue weighted by atomic mass is 35.5. The van der Waals surface area contributed by atoms with Gasteiger partial charge in [-0.1, -0.05) is 11.6 Å². The largest absolute Gasteiger partial charge is 0.496 e. The maximum absolute atomic E-state index is 12.2. The van der Waals surface area contributed by atoms with E-state index in [2.05, 4.69) is 10.6 Å². The fraction of sp³-hybridized carbons (Fsp3) is 0.462. The first-order valence-corrected chi connectivity index (χ1v) is 6.43. The molecule has 1 saturated carbocycles. The minimum absolute atomic E-state index is 0.0806. The van der Waals surface area contributed by atoms with Crippen LogP contribution in [0.4, 0.5) is 0 Å². The number of amides is 1. The highest BCUT2D eigenvalue weighted by Crippen LogP contribution is 2.41. The zero-order valence-electron chi connectivity index (χ0n) is 10.1. The van der Waals surface area contributed by atoms with Crippen molar-refractivity contribution in [3.63, 3.8) is 0 Å². The molecule has 1 amide bonds. The minimum Gasteiger partial charge on any atom is -0.496 e. The number of nitrogens with one attached hydrogen (secondary N) is 2. The number of hydrogen-bond acceptors (Lipinski definition) is 3. The summed E-state index contributed by atoms with van der Waals surface area (Å²) < 4.78 is 5.19. The minimum atomic E-state index is -0.0806. The first-order valence-electron chi connectivity index (χ1n) is 6.06. The average molecular weight is 267 g/mol. The van der Waals surface area contributed by atoms with Gasteiger partial charge in [0.25, 0.3) is 5.91 Å². The van der Waals surface area contributed by atoms with Crippen LogP contribution in [0.25, 0.3) is 0 Å². The molecular weight excluding hydrogens is 252 g/mol. The van der Waals surface area contributed by atoms with Gasteiger partial charge in [-0.15, -0.1) is 0 Å². The third kappa shape index (κ3) is 1.95. The van der Waals surface area contributed by atoms with E-state index < -0.39 is 0 Å². The molecule has 4 nitrogen and oxygen atoms in total. The van der Waals surface area contributed by atoms with Gasteiger partial charge in [0.15, 0.2) is 0 Å². The van der Waals surface area contributed by atoms with Gasteiger partial charge in [-0.05, 0) is 30.0 Å². The third-order valence-electron chi connectivity index (χ3n) is 3.80. The summed E-state index contributed by atoms with van der Waals surface area (Å²) >= 11 is 5.88. The van der Waals surface area contributed by atoms with Gasteiger partial charge in [0, 0.05) is 24.2 Å². The van der Waals surface area contributed by atoms with Gasteiger partial charge >= 0.3 is 0 Å². The van der Waals surface area contributed by atoms with Crippen LogP contribution in [0.5, 0.6) is 5.75 Å². The van der Waals surface area contributed by atoms with Gasteiger partial charge in [0.1, 0.15) is 5.75 Å². The highest BCUT2D eigenvalue weighted by molar-refractivity contribution is 6.30. The number of fused-ring (bicyclic) bond motifs is 1. The van der Waals surface area contributed by atoms with Crippen LogP contribution in [0, 0.1) is 11.8 Å². The summed E-state index contributed by atoms with van der Waals surface area (Å²) in [4.78, 5) is 12.2. The van der Waals surface area contributed by atoms with E-state index in [0.717, 1.165) is 13.1 Å². The van der Waals surface area contributed by atoms with Crippen molar-refractivity contribution >= 4 is 17.5 Å². The molecule has 1 heterocycles. The van der Waals surface area contributed by atoms with E-state index in [-0.39, 0.29) is 5.91 Å². The third-order valence-corrected chi connectivity index (χ3v) is 4.03. The fourth-order valence-corrected chi connectivity index (χ4v) is 2.88. The van der Waals surface area contributed by atoms with Gasteiger partial charge in [0.2, 0.25) is 0 Å². The van der Waals surface area contributed by atoms with Crippen LogP contribution in [0.2, 0.25) is 5.02 Å². The van der Waals surface area contributed by atoms with Crippen LogP contribution in [-0.2, 0) is 0 Å². The van der Waals surface area contributed by atoms with Crippen LogP contribution in [0.15, 0.2) is 18.2 Å². The summed E-state index contributed by atoms with van der Waals surface area (Å²) in [7, 11) is 1.54. The standard InChI is InChI=1S/C13H15ClN2O2/c1-18-11-4-7(14)2-3-8(11)13(17)16-12-9-5-15-6-10(9)12/h2-4,9-10,12,15H,5-6H2,1H3,(H,16,17). The van der Waals surface area contributed by atoms with Crippen molar-refractivity contribution < 1.29 is 9.53 Å². The van der Waals surface area contributed by atoms with Crippen molar-refractivity contribution in [1.82, 2.24) is 10.6 Å². The second-order valence-corrected chi connectivity index (χ2v) is 5.27. The molecule has 0 spiro atoms. The van der Waals surface area contributed by atoms with Crippen molar-refractivity contribution in [3.05, 3.63) is 28.8 Å². The summed E-state index contributed by atoms with van der Waals surface area (Å²) in [6, 6.07) is 5.38. The molecule has 1 aromatic carbocycles. The lowest BCUT2D eigenvalue weighted by atomic mass is 10.2. The van der Waals surface area contributed by atoms with E-state index in [1.165, 1.54) is 7.11 Å². The lowest BCUT2D eigenvalue weighted by molar-refractivity contribution is 0.0943. The predicted molar refractivity (Wildman–Crippen MR) is 69.1 cm³/mol. The molecule has 1 saturated heterocycles. The monoisotopic (exact) mass is 266 g/mol. The van der Waals surface area contributed by atoms with Crippen molar-refractivity contribution in [2.45, 2.75) is 6.04 Å². The highest BCUT2D eigenvalue weighted by Gasteiger charge is 2.53. The Hall–Kier alpha value is -1.26. The first-order chi connectivity index (χ1) is 8.70. The number of halogens is 1. The predicted octanol–water partition coefficient (Wildman–Crippen LogP) is 1.30. The van der Waals surface area contributed by atoms with Crippen LogP contribution < -0.4 is 15.4 Å². The molecule has 2 unspecified atom stereocenters. The van der Waals surface area contributed by atoms with E-state index in [0.29, 0.717) is 34.2 Å². The molecule has 1 aliphatic carbocycles. The molecule has 18 heavy (non-hydrogen) atoms. The van der Waals surface area contributed by atoms with E-state index >= 15 is 0 Å². The number of ether oxygens (including phenoxy) is 1. The zero-order valence-corrected chi connectivity index (χ0v) is 10.8. The molecule has 0 bridgehead atoms. The number of piperidine rings is 1. The number of carbonyl (C=O) groups is 1. The van der Waals surface area contributed by atoms with Crippen molar-refractivity contribution in [3.8, 4) is 5.75 Å². The second-order valence-electron chi connectivity index (χ2n) is 4.83. The molecule has 2 atom stereocenters. The second kappa shape index (κ2) is 4.44. The Morgan fingerprint density at radius 3 is 2.83 bits per heavy atom. The number of benzene rings is 1. The maximum atomic E-state index is 12.2.